The normalized spacial score (nSPS) is 13.9. The summed E-state index contributed by atoms with van der Waals surface area (Å²) in [5.41, 5.74) is 1.74. The highest BCUT2D eigenvalue weighted by Gasteiger charge is 2.21. The van der Waals surface area contributed by atoms with Gasteiger partial charge in [0.2, 0.25) is 5.95 Å². The Morgan fingerprint density at radius 2 is 2.05 bits per heavy atom. The van der Waals surface area contributed by atoms with E-state index in [-0.39, 0.29) is 0 Å². The van der Waals surface area contributed by atoms with Crippen LogP contribution >= 0.6 is 11.6 Å². The zero-order valence-corrected chi connectivity index (χ0v) is 12.7. The Labute approximate surface area is 128 Å². The van der Waals surface area contributed by atoms with Crippen LogP contribution in [0.1, 0.15) is 18.5 Å². The van der Waals surface area contributed by atoms with Crippen LogP contribution in [0.2, 0.25) is 5.02 Å². The Bertz CT molecular complexity index is 658. The van der Waals surface area contributed by atoms with Gasteiger partial charge in [-0.1, -0.05) is 11.6 Å². The summed E-state index contributed by atoms with van der Waals surface area (Å²) >= 11 is 6.12. The fourth-order valence-electron chi connectivity index (χ4n) is 2.01. The average Bonchev–Trinajstić information content (AvgIpc) is 3.22. The number of hydrogen-bond acceptors (Lipinski definition) is 5. The summed E-state index contributed by atoms with van der Waals surface area (Å²) in [4.78, 5) is 8.87. The molecule has 21 heavy (non-hydrogen) atoms. The van der Waals surface area contributed by atoms with E-state index in [2.05, 4.69) is 20.6 Å². The van der Waals surface area contributed by atoms with Gasteiger partial charge in [-0.2, -0.15) is 4.98 Å². The lowest BCUT2D eigenvalue weighted by Crippen LogP contribution is -2.06. The minimum absolute atomic E-state index is 0.548. The maximum Gasteiger partial charge on any atom is 0.229 e. The molecule has 0 amide bonds. The van der Waals surface area contributed by atoms with Crippen LogP contribution in [0, 0.1) is 6.92 Å². The van der Waals surface area contributed by atoms with Crippen LogP contribution in [0.4, 0.5) is 17.5 Å². The Kier molecular flexibility index (Phi) is 3.84. The van der Waals surface area contributed by atoms with Gasteiger partial charge in [-0.15, -0.1) is 0 Å². The minimum atomic E-state index is 0.548. The van der Waals surface area contributed by atoms with Gasteiger partial charge >= 0.3 is 0 Å². The van der Waals surface area contributed by atoms with Crippen molar-refractivity contribution >= 4 is 29.1 Å². The first kappa shape index (κ1) is 13.9. The van der Waals surface area contributed by atoms with Crippen LogP contribution < -0.4 is 15.4 Å². The number of nitrogens with one attached hydrogen (secondary N) is 2. The molecule has 1 heterocycles. The number of benzene rings is 1. The summed E-state index contributed by atoms with van der Waals surface area (Å²) in [5, 5.41) is 7.09. The van der Waals surface area contributed by atoms with Crippen LogP contribution in [-0.4, -0.2) is 23.1 Å². The summed E-state index contributed by atoms with van der Waals surface area (Å²) < 4.78 is 5.14. The van der Waals surface area contributed by atoms with Crippen LogP contribution in [0.25, 0.3) is 0 Å². The van der Waals surface area contributed by atoms with Crippen molar-refractivity contribution in [1.29, 1.82) is 0 Å². The van der Waals surface area contributed by atoms with E-state index in [1.165, 1.54) is 12.8 Å². The molecule has 1 saturated carbocycles. The highest BCUT2D eigenvalue weighted by Crippen LogP contribution is 2.29. The van der Waals surface area contributed by atoms with Gasteiger partial charge in [0.25, 0.3) is 0 Å². The molecule has 0 saturated heterocycles. The van der Waals surface area contributed by atoms with Gasteiger partial charge in [-0.25, -0.2) is 4.98 Å². The number of ether oxygens (including phenoxy) is 1. The van der Waals surface area contributed by atoms with Crippen molar-refractivity contribution in [3.05, 3.63) is 35.0 Å². The van der Waals surface area contributed by atoms with Crippen molar-refractivity contribution in [2.24, 2.45) is 0 Å². The number of halogens is 1. The molecule has 1 fully saturated rings. The number of anilines is 3. The van der Waals surface area contributed by atoms with E-state index in [1.807, 2.05) is 25.1 Å². The van der Waals surface area contributed by atoms with Crippen molar-refractivity contribution in [3.8, 4) is 5.75 Å². The van der Waals surface area contributed by atoms with Crippen molar-refractivity contribution < 1.29 is 4.74 Å². The predicted molar refractivity (Wildman–Crippen MR) is 84.7 cm³/mol. The third kappa shape index (κ3) is 3.55. The monoisotopic (exact) mass is 304 g/mol. The van der Waals surface area contributed by atoms with Crippen LogP contribution in [0.5, 0.6) is 5.75 Å². The van der Waals surface area contributed by atoms with Gasteiger partial charge in [0.05, 0.1) is 12.1 Å². The summed E-state index contributed by atoms with van der Waals surface area (Å²) in [6, 6.07) is 7.99. The smallest absolute Gasteiger partial charge is 0.229 e. The Morgan fingerprint density at radius 1 is 1.24 bits per heavy atom. The number of methoxy groups -OCH3 is 1. The third-order valence-corrected chi connectivity index (χ3v) is 3.49. The quantitative estimate of drug-likeness (QED) is 0.880. The average molecular weight is 305 g/mol. The highest BCUT2D eigenvalue weighted by molar-refractivity contribution is 6.32. The minimum Gasteiger partial charge on any atom is -0.495 e. The molecule has 0 unspecified atom stereocenters. The highest BCUT2D eigenvalue weighted by atomic mass is 35.5. The van der Waals surface area contributed by atoms with E-state index >= 15 is 0 Å². The molecule has 3 rings (SSSR count). The molecule has 2 aromatic rings. The molecule has 1 aliphatic rings. The van der Waals surface area contributed by atoms with Gasteiger partial charge in [0.1, 0.15) is 11.6 Å². The van der Waals surface area contributed by atoms with Gasteiger partial charge < -0.3 is 15.4 Å². The van der Waals surface area contributed by atoms with E-state index in [0.717, 1.165) is 17.2 Å². The Balaban J connectivity index is 1.80. The summed E-state index contributed by atoms with van der Waals surface area (Å²) in [7, 11) is 1.59. The number of aromatic nitrogens is 2. The second-order valence-electron chi connectivity index (χ2n) is 5.11. The van der Waals surface area contributed by atoms with Crippen molar-refractivity contribution in [2.75, 3.05) is 17.7 Å². The zero-order valence-electron chi connectivity index (χ0n) is 12.0. The van der Waals surface area contributed by atoms with Crippen molar-refractivity contribution in [1.82, 2.24) is 9.97 Å². The zero-order chi connectivity index (χ0) is 14.8. The van der Waals surface area contributed by atoms with E-state index in [0.29, 0.717) is 22.8 Å². The number of hydrogen-bond donors (Lipinski definition) is 2. The van der Waals surface area contributed by atoms with E-state index in [1.54, 1.807) is 13.2 Å². The lowest BCUT2D eigenvalue weighted by atomic mass is 10.3. The molecule has 0 atom stereocenters. The lowest BCUT2D eigenvalue weighted by molar-refractivity contribution is 0.415. The summed E-state index contributed by atoms with van der Waals surface area (Å²) in [6.45, 7) is 1.95. The first-order valence-corrected chi connectivity index (χ1v) is 7.24. The van der Waals surface area contributed by atoms with E-state index in [4.69, 9.17) is 16.3 Å². The topological polar surface area (TPSA) is 59.1 Å². The molecule has 110 valence electrons. The molecule has 0 aliphatic heterocycles. The Morgan fingerprint density at radius 3 is 2.71 bits per heavy atom. The Hall–Kier alpha value is -2.01. The molecule has 5 nitrogen and oxygen atoms in total. The maximum absolute atomic E-state index is 6.12. The molecule has 1 aromatic heterocycles. The van der Waals surface area contributed by atoms with Gasteiger partial charge in [0.15, 0.2) is 0 Å². The largest absolute Gasteiger partial charge is 0.495 e. The van der Waals surface area contributed by atoms with E-state index < -0.39 is 0 Å². The van der Waals surface area contributed by atoms with Crippen LogP contribution in [0.15, 0.2) is 24.3 Å². The molecule has 6 heteroatoms. The fraction of sp³-hybridized carbons (Fsp3) is 0.333. The van der Waals surface area contributed by atoms with Gasteiger partial charge in [-0.05, 0) is 38.0 Å². The van der Waals surface area contributed by atoms with Crippen molar-refractivity contribution in [2.45, 2.75) is 25.8 Å². The molecule has 1 aliphatic carbocycles. The molecular formula is C15H17ClN4O. The molecule has 0 spiro atoms. The predicted octanol–water partition coefficient (Wildman–Crippen LogP) is 3.76. The van der Waals surface area contributed by atoms with Crippen molar-refractivity contribution in [3.63, 3.8) is 0 Å². The first-order chi connectivity index (χ1) is 10.1. The van der Waals surface area contributed by atoms with Crippen LogP contribution in [-0.2, 0) is 0 Å². The molecule has 1 aromatic carbocycles. The van der Waals surface area contributed by atoms with Gasteiger partial charge in [-0.3, -0.25) is 0 Å². The lowest BCUT2D eigenvalue weighted by Gasteiger charge is -2.10. The molecule has 0 radical (unpaired) electrons. The summed E-state index contributed by atoms with van der Waals surface area (Å²) in [5.74, 6) is 2.05. The molecule has 0 bridgehead atoms. The molecule has 2 N–H and O–H groups in total. The van der Waals surface area contributed by atoms with Gasteiger partial charge in [0, 0.05) is 23.5 Å². The molecular weight excluding hydrogens is 288 g/mol. The first-order valence-electron chi connectivity index (χ1n) is 6.87. The second-order valence-corrected chi connectivity index (χ2v) is 5.52. The third-order valence-electron chi connectivity index (χ3n) is 3.19. The maximum atomic E-state index is 6.12. The van der Waals surface area contributed by atoms with E-state index in [9.17, 15) is 0 Å². The summed E-state index contributed by atoms with van der Waals surface area (Å²) in [6.07, 6.45) is 2.42. The SMILES string of the molecule is COc1ccc(Nc2nc(C)cc(NC3CC3)n2)cc1Cl. The second kappa shape index (κ2) is 5.77. The fourth-order valence-corrected chi connectivity index (χ4v) is 2.27. The number of nitrogens with zero attached hydrogens (tertiary/aromatic N) is 2. The number of rotatable bonds is 5. The standard InChI is InChI=1S/C15H17ClN4O/c1-9-7-14(18-10-3-4-10)20-15(17-9)19-11-5-6-13(21-2)12(16)8-11/h5-8,10H,3-4H2,1-2H3,(H2,17,18,19,20). The number of aryl methyl sites for hydroxylation is 1. The van der Waals surface area contributed by atoms with Crippen LogP contribution in [0.3, 0.4) is 0 Å².